The lowest BCUT2D eigenvalue weighted by atomic mass is 10.0. The van der Waals surface area contributed by atoms with Crippen LogP contribution in [0.3, 0.4) is 0 Å². The molecule has 0 bridgehead atoms. The zero-order valence-corrected chi connectivity index (χ0v) is 11.9. The summed E-state index contributed by atoms with van der Waals surface area (Å²) in [5, 5.41) is 0. The van der Waals surface area contributed by atoms with E-state index in [-0.39, 0.29) is 0 Å². The summed E-state index contributed by atoms with van der Waals surface area (Å²) in [4.78, 5) is 13.4. The average Bonchev–Trinajstić information content (AvgIpc) is 3.09. The predicted molar refractivity (Wildman–Crippen MR) is 79.2 cm³/mol. The highest BCUT2D eigenvalue weighted by atomic mass is 15.1. The maximum absolute atomic E-state index is 5.98. The summed E-state index contributed by atoms with van der Waals surface area (Å²) in [6, 6.07) is 1.93. The lowest BCUT2D eigenvalue weighted by Crippen LogP contribution is -2.06. The molecule has 2 aromatic heterocycles. The van der Waals surface area contributed by atoms with E-state index in [1.165, 1.54) is 25.7 Å². The molecule has 2 N–H and O–H groups in total. The highest BCUT2D eigenvalue weighted by Crippen LogP contribution is 2.34. The van der Waals surface area contributed by atoms with Crippen LogP contribution in [0.4, 0.5) is 5.82 Å². The fraction of sp³-hybridized carbons (Fsp3) is 0.533. The Hall–Kier alpha value is -1.91. The van der Waals surface area contributed by atoms with Crippen molar-refractivity contribution in [2.75, 3.05) is 5.73 Å². The first-order valence-electron chi connectivity index (χ1n) is 7.43. The van der Waals surface area contributed by atoms with Gasteiger partial charge in [-0.15, -0.1) is 0 Å². The summed E-state index contributed by atoms with van der Waals surface area (Å²) < 4.78 is 2.09. The highest BCUT2D eigenvalue weighted by Gasteiger charge is 2.20. The third-order valence-electron chi connectivity index (χ3n) is 3.95. The van der Waals surface area contributed by atoms with Gasteiger partial charge in [-0.05, 0) is 19.3 Å². The van der Waals surface area contributed by atoms with E-state index in [4.69, 9.17) is 10.7 Å². The predicted octanol–water partition coefficient (Wildman–Crippen LogP) is 2.99. The van der Waals surface area contributed by atoms with E-state index in [0.29, 0.717) is 17.6 Å². The van der Waals surface area contributed by atoms with E-state index in [2.05, 4.69) is 21.5 Å². The molecular weight excluding hydrogens is 250 g/mol. The Bertz CT molecular complexity index is 584. The van der Waals surface area contributed by atoms with Crippen molar-refractivity contribution in [2.45, 2.75) is 51.5 Å². The van der Waals surface area contributed by atoms with Crippen molar-refractivity contribution in [3.8, 4) is 11.5 Å². The number of hydrogen-bond acceptors (Lipinski definition) is 4. The van der Waals surface area contributed by atoms with Gasteiger partial charge in [-0.1, -0.05) is 19.8 Å². The second-order valence-electron chi connectivity index (χ2n) is 5.49. The first-order valence-corrected chi connectivity index (χ1v) is 7.43. The van der Waals surface area contributed by atoms with E-state index >= 15 is 0 Å². The Morgan fingerprint density at radius 1 is 1.30 bits per heavy atom. The Balaban J connectivity index is 1.98. The lowest BCUT2D eigenvalue weighted by molar-refractivity contribution is 0.675. The smallest absolute Gasteiger partial charge is 0.180 e. The molecule has 0 spiro atoms. The first-order chi connectivity index (χ1) is 9.78. The van der Waals surface area contributed by atoms with Crippen LogP contribution in [0.1, 0.15) is 50.6 Å². The van der Waals surface area contributed by atoms with Gasteiger partial charge >= 0.3 is 0 Å². The van der Waals surface area contributed by atoms with Gasteiger partial charge in [-0.25, -0.2) is 15.0 Å². The number of hydrogen-bond donors (Lipinski definition) is 1. The number of aromatic nitrogens is 4. The van der Waals surface area contributed by atoms with Gasteiger partial charge in [0.05, 0.1) is 12.5 Å². The molecule has 0 unspecified atom stereocenters. The molecule has 0 atom stereocenters. The molecule has 1 fully saturated rings. The van der Waals surface area contributed by atoms with Gasteiger partial charge in [-0.2, -0.15) is 0 Å². The van der Waals surface area contributed by atoms with E-state index in [1.807, 2.05) is 18.6 Å². The maximum Gasteiger partial charge on any atom is 0.180 e. The van der Waals surface area contributed by atoms with Crippen molar-refractivity contribution in [3.63, 3.8) is 0 Å². The summed E-state index contributed by atoms with van der Waals surface area (Å²) in [5.74, 6) is 1.81. The molecule has 0 aromatic carbocycles. The van der Waals surface area contributed by atoms with Crippen LogP contribution in [0.15, 0.2) is 18.6 Å². The lowest BCUT2D eigenvalue weighted by Gasteiger charge is -2.12. The zero-order valence-electron chi connectivity index (χ0n) is 11.9. The minimum absolute atomic E-state index is 0.543. The molecule has 0 radical (unpaired) electrons. The van der Waals surface area contributed by atoms with Crippen LogP contribution in [0.5, 0.6) is 0 Å². The third-order valence-corrected chi connectivity index (χ3v) is 3.95. The number of aryl methyl sites for hydroxylation is 1. The van der Waals surface area contributed by atoms with Crippen molar-refractivity contribution in [2.24, 2.45) is 0 Å². The second-order valence-corrected chi connectivity index (χ2v) is 5.49. The topological polar surface area (TPSA) is 69.6 Å². The van der Waals surface area contributed by atoms with Gasteiger partial charge in [-0.3, -0.25) is 0 Å². The Kier molecular flexibility index (Phi) is 3.67. The molecule has 0 amide bonds. The van der Waals surface area contributed by atoms with Crippen LogP contribution >= 0.6 is 0 Å². The summed E-state index contributed by atoms with van der Waals surface area (Å²) in [6.07, 6.45) is 9.72. The maximum atomic E-state index is 5.98. The number of nitrogen functional groups attached to an aromatic ring is 1. The van der Waals surface area contributed by atoms with Crippen LogP contribution in [0.2, 0.25) is 0 Å². The van der Waals surface area contributed by atoms with Gasteiger partial charge in [0.2, 0.25) is 0 Å². The number of rotatable bonds is 4. The van der Waals surface area contributed by atoms with E-state index in [1.54, 1.807) is 0 Å². The molecular formula is C15H21N5. The van der Waals surface area contributed by atoms with E-state index < -0.39 is 0 Å². The van der Waals surface area contributed by atoms with Crippen molar-refractivity contribution >= 4 is 5.82 Å². The van der Waals surface area contributed by atoms with E-state index in [0.717, 1.165) is 24.4 Å². The molecule has 0 saturated heterocycles. The van der Waals surface area contributed by atoms with Gasteiger partial charge in [0.25, 0.3) is 0 Å². The third kappa shape index (κ3) is 2.53. The molecule has 20 heavy (non-hydrogen) atoms. The molecule has 1 aliphatic rings. The van der Waals surface area contributed by atoms with E-state index in [9.17, 15) is 0 Å². The summed E-state index contributed by atoms with van der Waals surface area (Å²) >= 11 is 0. The Morgan fingerprint density at radius 3 is 2.85 bits per heavy atom. The normalized spacial score (nSPS) is 15.8. The standard InChI is InChI=1S/C15H21N5/c1-2-7-20-10-17-9-13(20)15-18-12(8-14(16)19-15)11-5-3-4-6-11/h8-11H,2-7H2,1H3,(H2,16,18,19). The summed E-state index contributed by atoms with van der Waals surface area (Å²) in [6.45, 7) is 3.07. The van der Waals surface area contributed by atoms with Crippen molar-refractivity contribution in [1.29, 1.82) is 0 Å². The Labute approximate surface area is 119 Å². The number of imidazole rings is 1. The van der Waals surface area contributed by atoms with Crippen LogP contribution in [0.25, 0.3) is 11.5 Å². The van der Waals surface area contributed by atoms with Crippen LogP contribution in [-0.2, 0) is 6.54 Å². The molecule has 3 rings (SSSR count). The van der Waals surface area contributed by atoms with Gasteiger partial charge in [0, 0.05) is 24.2 Å². The molecule has 0 aliphatic heterocycles. The van der Waals surface area contributed by atoms with Crippen LogP contribution < -0.4 is 5.73 Å². The molecule has 1 aliphatic carbocycles. The molecule has 2 heterocycles. The largest absolute Gasteiger partial charge is 0.384 e. The SMILES string of the molecule is CCCn1cncc1-c1nc(N)cc(C2CCCC2)n1. The summed E-state index contributed by atoms with van der Waals surface area (Å²) in [5.41, 5.74) is 8.03. The molecule has 5 heteroatoms. The number of nitrogens with two attached hydrogens (primary N) is 1. The molecule has 1 saturated carbocycles. The van der Waals surface area contributed by atoms with Gasteiger partial charge in [0.1, 0.15) is 11.5 Å². The fourth-order valence-electron chi connectivity index (χ4n) is 2.96. The molecule has 106 valence electrons. The fourth-order valence-corrected chi connectivity index (χ4v) is 2.96. The van der Waals surface area contributed by atoms with Crippen LogP contribution in [-0.4, -0.2) is 19.5 Å². The molecule has 5 nitrogen and oxygen atoms in total. The summed E-state index contributed by atoms with van der Waals surface area (Å²) in [7, 11) is 0. The quantitative estimate of drug-likeness (QED) is 0.928. The van der Waals surface area contributed by atoms with Crippen molar-refractivity contribution < 1.29 is 0 Å². The number of anilines is 1. The van der Waals surface area contributed by atoms with Crippen LogP contribution in [0, 0.1) is 0 Å². The zero-order chi connectivity index (χ0) is 13.9. The average molecular weight is 271 g/mol. The minimum Gasteiger partial charge on any atom is -0.384 e. The minimum atomic E-state index is 0.543. The van der Waals surface area contributed by atoms with Gasteiger partial charge < -0.3 is 10.3 Å². The number of nitrogens with zero attached hydrogens (tertiary/aromatic N) is 4. The van der Waals surface area contributed by atoms with Gasteiger partial charge in [0.15, 0.2) is 5.82 Å². The Morgan fingerprint density at radius 2 is 2.10 bits per heavy atom. The first kappa shape index (κ1) is 13.1. The molecule has 2 aromatic rings. The monoisotopic (exact) mass is 271 g/mol. The highest BCUT2D eigenvalue weighted by molar-refractivity contribution is 5.52. The second kappa shape index (κ2) is 5.61. The van der Waals surface area contributed by atoms with Crippen molar-refractivity contribution in [1.82, 2.24) is 19.5 Å². The van der Waals surface area contributed by atoms with Crippen molar-refractivity contribution in [3.05, 3.63) is 24.3 Å².